The fraction of sp³-hybridized carbons (Fsp3) is 0.444. The zero-order chi connectivity index (χ0) is 7.68. The number of allylic oxidation sites excluding steroid dienone is 3. The molecule has 0 N–H and O–H groups in total. The Balaban J connectivity index is 2.38. The van der Waals surface area contributed by atoms with Gasteiger partial charge in [0.15, 0.2) is 0 Å². The van der Waals surface area contributed by atoms with E-state index >= 15 is 0 Å². The molecule has 2 nitrogen and oxygen atoms in total. The van der Waals surface area contributed by atoms with Gasteiger partial charge in [-0.2, -0.15) is 5.26 Å². The van der Waals surface area contributed by atoms with Gasteiger partial charge in [-0.25, -0.2) is 0 Å². The topological polar surface area (TPSA) is 27.0 Å². The van der Waals surface area contributed by atoms with Crippen LogP contribution >= 0.6 is 0 Å². The summed E-state index contributed by atoms with van der Waals surface area (Å²) in [6.07, 6.45) is 6.31. The van der Waals surface area contributed by atoms with E-state index in [-0.39, 0.29) is 0 Å². The summed E-state index contributed by atoms with van der Waals surface area (Å²) in [5.74, 6) is 0. The summed E-state index contributed by atoms with van der Waals surface area (Å²) in [6, 6.07) is 2.23. The van der Waals surface area contributed by atoms with Crippen molar-refractivity contribution >= 4 is 0 Å². The molecule has 1 fully saturated rings. The first-order chi connectivity index (χ1) is 5.42. The molecule has 0 aliphatic carbocycles. The largest absolute Gasteiger partial charge is 0.370 e. The minimum atomic E-state index is 0.869. The second-order valence-corrected chi connectivity index (χ2v) is 2.92. The van der Waals surface area contributed by atoms with Crippen LogP contribution in [0.3, 0.4) is 0 Å². The van der Waals surface area contributed by atoms with Gasteiger partial charge in [-0.3, -0.25) is 0 Å². The van der Waals surface area contributed by atoms with Crippen molar-refractivity contribution in [3.05, 3.63) is 23.4 Å². The van der Waals surface area contributed by atoms with Gasteiger partial charge < -0.3 is 4.90 Å². The molecule has 0 saturated carbocycles. The Labute approximate surface area is 66.4 Å². The highest BCUT2D eigenvalue weighted by molar-refractivity contribution is 5.40. The SMILES string of the molecule is N#CC1=C2CCCN2CC=C1. The molecule has 0 bridgehead atoms. The van der Waals surface area contributed by atoms with E-state index in [2.05, 4.69) is 17.0 Å². The molecule has 2 heterocycles. The third-order valence-corrected chi connectivity index (χ3v) is 2.26. The van der Waals surface area contributed by atoms with Crippen LogP contribution < -0.4 is 0 Å². The molecule has 0 atom stereocenters. The van der Waals surface area contributed by atoms with E-state index in [4.69, 9.17) is 5.26 Å². The summed E-state index contributed by atoms with van der Waals surface area (Å²) in [6.45, 7) is 2.13. The van der Waals surface area contributed by atoms with Crippen LogP contribution in [-0.2, 0) is 0 Å². The van der Waals surface area contributed by atoms with Gasteiger partial charge in [0.1, 0.15) is 6.07 Å². The number of hydrogen-bond acceptors (Lipinski definition) is 2. The fourth-order valence-electron chi connectivity index (χ4n) is 1.73. The summed E-state index contributed by atoms with van der Waals surface area (Å²) in [5.41, 5.74) is 2.13. The van der Waals surface area contributed by atoms with Crippen molar-refractivity contribution in [2.24, 2.45) is 0 Å². The smallest absolute Gasteiger partial charge is 0.101 e. The summed E-state index contributed by atoms with van der Waals surface area (Å²) < 4.78 is 0. The van der Waals surface area contributed by atoms with Gasteiger partial charge in [-0.1, -0.05) is 6.08 Å². The molecule has 2 aliphatic rings. The lowest BCUT2D eigenvalue weighted by Gasteiger charge is -2.21. The van der Waals surface area contributed by atoms with Gasteiger partial charge in [-0.05, 0) is 18.9 Å². The van der Waals surface area contributed by atoms with Crippen LogP contribution in [0.15, 0.2) is 23.4 Å². The van der Waals surface area contributed by atoms with E-state index < -0.39 is 0 Å². The standard InChI is InChI=1S/C9H10N2/c10-7-8-3-1-5-11-6-2-4-9(8)11/h1,3H,2,4-6H2. The quantitative estimate of drug-likeness (QED) is 0.517. The van der Waals surface area contributed by atoms with E-state index in [1.165, 1.54) is 12.1 Å². The summed E-state index contributed by atoms with van der Waals surface area (Å²) in [4.78, 5) is 2.29. The number of hydrogen-bond donors (Lipinski definition) is 0. The second kappa shape index (κ2) is 2.43. The highest BCUT2D eigenvalue weighted by Gasteiger charge is 2.20. The van der Waals surface area contributed by atoms with Crippen molar-refractivity contribution in [2.45, 2.75) is 12.8 Å². The maximum Gasteiger partial charge on any atom is 0.101 e. The molecule has 0 spiro atoms. The van der Waals surface area contributed by atoms with Gasteiger partial charge in [-0.15, -0.1) is 0 Å². The van der Waals surface area contributed by atoms with Crippen LogP contribution in [0, 0.1) is 11.3 Å². The van der Waals surface area contributed by atoms with Gasteiger partial charge in [0.2, 0.25) is 0 Å². The summed E-state index contributed by atoms with van der Waals surface area (Å²) in [5, 5.41) is 8.75. The lowest BCUT2D eigenvalue weighted by molar-refractivity contribution is 0.429. The highest BCUT2D eigenvalue weighted by atomic mass is 15.2. The molecule has 0 aromatic heterocycles. The Morgan fingerprint density at radius 2 is 2.45 bits per heavy atom. The fourth-order valence-corrected chi connectivity index (χ4v) is 1.73. The monoisotopic (exact) mass is 146 g/mol. The molecule has 2 aliphatic heterocycles. The van der Waals surface area contributed by atoms with Crippen LogP contribution in [0.1, 0.15) is 12.8 Å². The molecule has 56 valence electrons. The molecular weight excluding hydrogens is 136 g/mol. The Kier molecular flexibility index (Phi) is 1.43. The Bertz CT molecular complexity index is 268. The van der Waals surface area contributed by atoms with Gasteiger partial charge in [0, 0.05) is 18.8 Å². The van der Waals surface area contributed by atoms with E-state index in [1.54, 1.807) is 0 Å². The van der Waals surface area contributed by atoms with Crippen molar-refractivity contribution < 1.29 is 0 Å². The molecule has 2 rings (SSSR count). The van der Waals surface area contributed by atoms with Crippen LogP contribution in [0.4, 0.5) is 0 Å². The van der Waals surface area contributed by atoms with Gasteiger partial charge in [0.25, 0.3) is 0 Å². The number of rotatable bonds is 0. The van der Waals surface area contributed by atoms with Crippen molar-refractivity contribution in [2.75, 3.05) is 13.1 Å². The first-order valence-corrected chi connectivity index (χ1v) is 3.96. The van der Waals surface area contributed by atoms with E-state index in [0.29, 0.717) is 0 Å². The van der Waals surface area contributed by atoms with Crippen LogP contribution in [0.5, 0.6) is 0 Å². The molecule has 1 saturated heterocycles. The molecule has 0 radical (unpaired) electrons. The molecule has 0 aromatic carbocycles. The second-order valence-electron chi connectivity index (χ2n) is 2.92. The third-order valence-electron chi connectivity index (χ3n) is 2.26. The van der Waals surface area contributed by atoms with E-state index in [0.717, 1.165) is 25.1 Å². The van der Waals surface area contributed by atoms with Crippen molar-refractivity contribution in [3.8, 4) is 6.07 Å². The predicted molar refractivity (Wildman–Crippen MR) is 42.6 cm³/mol. The molecule has 0 amide bonds. The highest BCUT2D eigenvalue weighted by Crippen LogP contribution is 2.26. The van der Waals surface area contributed by atoms with Crippen molar-refractivity contribution in [1.82, 2.24) is 4.90 Å². The van der Waals surface area contributed by atoms with Gasteiger partial charge >= 0.3 is 0 Å². The lowest BCUT2D eigenvalue weighted by Crippen LogP contribution is -2.20. The predicted octanol–water partition coefficient (Wildman–Crippen LogP) is 1.43. The minimum Gasteiger partial charge on any atom is -0.370 e. The summed E-state index contributed by atoms with van der Waals surface area (Å²) >= 11 is 0. The van der Waals surface area contributed by atoms with Crippen LogP contribution in [0.2, 0.25) is 0 Å². The number of fused-ring (bicyclic) bond motifs is 1. The average Bonchev–Trinajstić information content (AvgIpc) is 2.50. The van der Waals surface area contributed by atoms with Gasteiger partial charge in [0.05, 0.1) is 5.57 Å². The maximum absolute atomic E-state index is 8.75. The number of nitriles is 1. The molecule has 0 unspecified atom stereocenters. The zero-order valence-corrected chi connectivity index (χ0v) is 6.38. The molecule has 2 heteroatoms. The van der Waals surface area contributed by atoms with E-state index in [1.807, 2.05) is 6.08 Å². The Morgan fingerprint density at radius 1 is 1.55 bits per heavy atom. The normalized spacial score (nSPS) is 21.9. The first-order valence-electron chi connectivity index (χ1n) is 3.96. The Hall–Kier alpha value is -1.23. The van der Waals surface area contributed by atoms with Crippen molar-refractivity contribution in [3.63, 3.8) is 0 Å². The zero-order valence-electron chi connectivity index (χ0n) is 6.38. The number of nitrogens with zero attached hydrogens (tertiary/aromatic N) is 2. The third kappa shape index (κ3) is 0.932. The van der Waals surface area contributed by atoms with Crippen molar-refractivity contribution in [1.29, 1.82) is 5.26 Å². The minimum absolute atomic E-state index is 0.869. The maximum atomic E-state index is 8.75. The first kappa shape index (κ1) is 6.48. The molecule has 11 heavy (non-hydrogen) atoms. The summed E-state index contributed by atoms with van der Waals surface area (Å²) in [7, 11) is 0. The van der Waals surface area contributed by atoms with Crippen LogP contribution in [-0.4, -0.2) is 18.0 Å². The molecule has 0 aromatic rings. The van der Waals surface area contributed by atoms with E-state index in [9.17, 15) is 0 Å². The molecular formula is C9H10N2. The Morgan fingerprint density at radius 3 is 3.27 bits per heavy atom. The average molecular weight is 146 g/mol. The van der Waals surface area contributed by atoms with Crippen LogP contribution in [0.25, 0.3) is 0 Å². The lowest BCUT2D eigenvalue weighted by atomic mass is 10.1.